The van der Waals surface area contributed by atoms with Crippen LogP contribution in [-0.4, -0.2) is 22.2 Å². The smallest absolute Gasteiger partial charge is 0.259 e. The maximum atomic E-state index is 6.39. The highest BCUT2D eigenvalue weighted by atomic mass is 35.5. The van der Waals surface area contributed by atoms with Gasteiger partial charge in [-0.15, -0.1) is 0 Å². The van der Waals surface area contributed by atoms with Crippen LogP contribution in [0.15, 0.2) is 35.0 Å². The lowest BCUT2D eigenvalue weighted by atomic mass is 9.94. The summed E-state index contributed by atoms with van der Waals surface area (Å²) < 4.78 is 10.5. The maximum Gasteiger partial charge on any atom is 0.259 e. The van der Waals surface area contributed by atoms with Crippen LogP contribution in [0.5, 0.6) is 5.88 Å². The van der Waals surface area contributed by atoms with Crippen LogP contribution in [0.1, 0.15) is 24.2 Å². The summed E-state index contributed by atoms with van der Waals surface area (Å²) in [5.74, 6) is 1.47. The molecule has 128 valence electrons. The number of ether oxygens (including phenoxy) is 1. The molecule has 0 atom stereocenters. The van der Waals surface area contributed by atoms with Gasteiger partial charge in [-0.25, -0.2) is 4.98 Å². The summed E-state index contributed by atoms with van der Waals surface area (Å²) in [5.41, 5.74) is 7.40. The van der Waals surface area contributed by atoms with Crippen molar-refractivity contribution in [3.05, 3.63) is 51.9 Å². The molecule has 1 saturated carbocycles. The fourth-order valence-corrected chi connectivity index (χ4v) is 3.79. The van der Waals surface area contributed by atoms with E-state index in [4.69, 9.17) is 38.2 Å². The fraction of sp³-hybridized carbons (Fsp3) is 0.235. The molecule has 0 bridgehead atoms. The van der Waals surface area contributed by atoms with Gasteiger partial charge in [0.2, 0.25) is 5.88 Å². The van der Waals surface area contributed by atoms with E-state index >= 15 is 0 Å². The van der Waals surface area contributed by atoms with Crippen LogP contribution < -0.4 is 10.5 Å². The van der Waals surface area contributed by atoms with Crippen molar-refractivity contribution >= 4 is 28.9 Å². The first-order chi connectivity index (χ1) is 12.0. The Hall–Kier alpha value is -2.31. The average Bonchev–Trinajstić information content (AvgIpc) is 3.21. The lowest BCUT2D eigenvalue weighted by molar-refractivity contribution is 0.397. The number of methoxy groups -OCH3 is 1. The Labute approximate surface area is 153 Å². The van der Waals surface area contributed by atoms with Gasteiger partial charge < -0.3 is 15.0 Å². The monoisotopic (exact) mass is 376 g/mol. The molecule has 0 radical (unpaired) electrons. The van der Waals surface area contributed by atoms with E-state index < -0.39 is 5.41 Å². The second kappa shape index (κ2) is 5.89. The van der Waals surface area contributed by atoms with E-state index in [9.17, 15) is 0 Å². The Morgan fingerprint density at radius 2 is 1.92 bits per heavy atom. The second-order valence-electron chi connectivity index (χ2n) is 5.95. The molecular weight excluding hydrogens is 363 g/mol. The van der Waals surface area contributed by atoms with E-state index in [-0.39, 0.29) is 0 Å². The van der Waals surface area contributed by atoms with Crippen molar-refractivity contribution in [3.63, 3.8) is 0 Å². The van der Waals surface area contributed by atoms with Crippen molar-refractivity contribution in [1.29, 1.82) is 0 Å². The quantitative estimate of drug-likeness (QED) is 0.689. The number of nitrogens with zero attached hydrogens (tertiary/aromatic N) is 3. The number of nitrogens with two attached hydrogens (primary N) is 1. The molecule has 0 aliphatic heterocycles. The molecule has 2 heterocycles. The standard InChI is InChI=1S/C17H14Cl2N4O2/c1-24-13-3-2-9(8-21-13)15-22-16(23-25-15)17(4-5-17)14-11(18)6-10(20)7-12(14)19/h2-3,6-8H,4-5,20H2,1H3. The van der Waals surface area contributed by atoms with E-state index in [0.29, 0.717) is 38.9 Å². The summed E-state index contributed by atoms with van der Waals surface area (Å²) in [6.07, 6.45) is 3.31. The first-order valence-corrected chi connectivity index (χ1v) is 8.39. The Balaban J connectivity index is 1.72. The number of rotatable bonds is 4. The predicted octanol–water partition coefficient (Wildman–Crippen LogP) is 4.11. The zero-order valence-electron chi connectivity index (χ0n) is 13.3. The van der Waals surface area contributed by atoms with E-state index in [1.807, 2.05) is 6.07 Å². The highest BCUT2D eigenvalue weighted by Crippen LogP contribution is 2.56. The molecule has 6 nitrogen and oxygen atoms in total. The van der Waals surface area contributed by atoms with Crippen LogP contribution in [0.4, 0.5) is 5.69 Å². The average molecular weight is 377 g/mol. The molecule has 0 saturated heterocycles. The summed E-state index contributed by atoms with van der Waals surface area (Å²) in [6, 6.07) is 6.93. The number of hydrogen-bond acceptors (Lipinski definition) is 6. The molecule has 1 aromatic carbocycles. The molecule has 0 unspecified atom stereocenters. The number of nitrogen functional groups attached to an aromatic ring is 1. The van der Waals surface area contributed by atoms with Gasteiger partial charge in [0.05, 0.1) is 18.1 Å². The van der Waals surface area contributed by atoms with Gasteiger partial charge in [0, 0.05) is 33.6 Å². The highest BCUT2D eigenvalue weighted by molar-refractivity contribution is 6.36. The van der Waals surface area contributed by atoms with Gasteiger partial charge in [-0.1, -0.05) is 28.4 Å². The molecule has 1 aliphatic carbocycles. The number of benzene rings is 1. The Bertz CT molecular complexity index is 913. The van der Waals surface area contributed by atoms with Crippen molar-refractivity contribution < 1.29 is 9.26 Å². The molecule has 1 aliphatic rings. The van der Waals surface area contributed by atoms with Crippen LogP contribution in [0.3, 0.4) is 0 Å². The minimum atomic E-state index is -0.427. The van der Waals surface area contributed by atoms with Gasteiger partial charge in [-0.05, 0) is 31.0 Å². The molecule has 8 heteroatoms. The van der Waals surface area contributed by atoms with E-state index in [1.54, 1.807) is 31.5 Å². The van der Waals surface area contributed by atoms with Crippen molar-refractivity contribution in [1.82, 2.24) is 15.1 Å². The van der Waals surface area contributed by atoms with Gasteiger partial charge in [0.1, 0.15) is 0 Å². The fourth-order valence-electron chi connectivity index (χ4n) is 2.92. The van der Waals surface area contributed by atoms with Crippen molar-refractivity contribution in [3.8, 4) is 17.3 Å². The lowest BCUT2D eigenvalue weighted by Crippen LogP contribution is -2.12. The largest absolute Gasteiger partial charge is 0.481 e. The molecule has 2 N–H and O–H groups in total. The van der Waals surface area contributed by atoms with Crippen LogP contribution >= 0.6 is 23.2 Å². The van der Waals surface area contributed by atoms with E-state index in [2.05, 4.69) is 15.1 Å². The number of aromatic nitrogens is 3. The minimum absolute atomic E-state index is 0.388. The van der Waals surface area contributed by atoms with Crippen LogP contribution in [0.2, 0.25) is 10.0 Å². The first-order valence-electron chi connectivity index (χ1n) is 7.63. The van der Waals surface area contributed by atoms with Crippen LogP contribution in [-0.2, 0) is 5.41 Å². The Morgan fingerprint density at radius 3 is 2.48 bits per heavy atom. The van der Waals surface area contributed by atoms with Crippen LogP contribution in [0, 0.1) is 0 Å². The molecule has 3 aromatic rings. The van der Waals surface area contributed by atoms with Gasteiger partial charge >= 0.3 is 0 Å². The zero-order valence-corrected chi connectivity index (χ0v) is 14.8. The molecule has 2 aromatic heterocycles. The zero-order chi connectivity index (χ0) is 17.6. The highest BCUT2D eigenvalue weighted by Gasteiger charge is 2.52. The molecular formula is C17H14Cl2N4O2. The number of hydrogen-bond donors (Lipinski definition) is 1. The predicted molar refractivity (Wildman–Crippen MR) is 95.0 cm³/mol. The summed E-state index contributed by atoms with van der Waals surface area (Å²) in [6.45, 7) is 0. The molecule has 1 fully saturated rings. The topological polar surface area (TPSA) is 87.1 Å². The number of halogens is 2. The van der Waals surface area contributed by atoms with Gasteiger partial charge in [0.25, 0.3) is 5.89 Å². The van der Waals surface area contributed by atoms with E-state index in [1.165, 1.54) is 0 Å². The van der Waals surface area contributed by atoms with E-state index in [0.717, 1.165) is 18.4 Å². The number of anilines is 1. The Kier molecular flexibility index (Phi) is 3.81. The van der Waals surface area contributed by atoms with Gasteiger partial charge in [-0.2, -0.15) is 4.98 Å². The van der Waals surface area contributed by atoms with Gasteiger partial charge in [-0.3, -0.25) is 0 Å². The summed E-state index contributed by atoms with van der Waals surface area (Å²) in [5, 5.41) is 5.18. The first kappa shape index (κ1) is 16.2. The third-order valence-electron chi connectivity index (χ3n) is 4.34. The molecule has 0 spiro atoms. The normalized spacial score (nSPS) is 15.2. The van der Waals surface area contributed by atoms with Crippen LogP contribution in [0.25, 0.3) is 11.5 Å². The SMILES string of the molecule is COc1ccc(-c2nc(C3(c4c(Cl)cc(N)cc4Cl)CC3)no2)cn1. The second-order valence-corrected chi connectivity index (χ2v) is 6.77. The van der Waals surface area contributed by atoms with Gasteiger partial charge in [0.15, 0.2) is 5.82 Å². The summed E-state index contributed by atoms with van der Waals surface area (Å²) >= 11 is 12.8. The minimum Gasteiger partial charge on any atom is -0.481 e. The lowest BCUT2D eigenvalue weighted by Gasteiger charge is -2.15. The summed E-state index contributed by atoms with van der Waals surface area (Å²) in [7, 11) is 1.56. The van der Waals surface area contributed by atoms with Crippen molar-refractivity contribution in [2.75, 3.05) is 12.8 Å². The summed E-state index contributed by atoms with van der Waals surface area (Å²) in [4.78, 5) is 8.69. The van der Waals surface area contributed by atoms with Crippen molar-refractivity contribution in [2.24, 2.45) is 0 Å². The van der Waals surface area contributed by atoms with Crippen molar-refractivity contribution in [2.45, 2.75) is 18.3 Å². The third-order valence-corrected chi connectivity index (χ3v) is 4.94. The third kappa shape index (κ3) is 2.71. The molecule has 25 heavy (non-hydrogen) atoms. The maximum absolute atomic E-state index is 6.39. The molecule has 0 amide bonds. The molecule has 4 rings (SSSR count). The number of pyridine rings is 1. The Morgan fingerprint density at radius 1 is 1.20 bits per heavy atom.